The SMILES string of the molecule is CC(C)(C)OC(=O)NCCC1OC(=O)c2cc(-c3cc(F)cc(F)c3)ccc21. The van der Waals surface area contributed by atoms with E-state index >= 15 is 0 Å². The minimum absolute atomic E-state index is 0.267. The van der Waals surface area contributed by atoms with Crippen LogP contribution in [0.2, 0.25) is 0 Å². The highest BCUT2D eigenvalue weighted by molar-refractivity contribution is 5.95. The minimum Gasteiger partial charge on any atom is -0.454 e. The van der Waals surface area contributed by atoms with E-state index in [1.165, 1.54) is 12.1 Å². The summed E-state index contributed by atoms with van der Waals surface area (Å²) in [5.41, 5.74) is 1.29. The number of rotatable bonds is 4. The fourth-order valence-corrected chi connectivity index (χ4v) is 3.00. The minimum atomic E-state index is -0.691. The third-order valence-corrected chi connectivity index (χ3v) is 4.14. The number of carbonyl (C=O) groups is 2. The van der Waals surface area contributed by atoms with Crippen LogP contribution in [0.4, 0.5) is 13.6 Å². The van der Waals surface area contributed by atoms with Crippen LogP contribution in [-0.2, 0) is 9.47 Å². The zero-order chi connectivity index (χ0) is 20.5. The lowest BCUT2D eigenvalue weighted by Crippen LogP contribution is -2.33. The van der Waals surface area contributed by atoms with E-state index in [0.29, 0.717) is 28.7 Å². The van der Waals surface area contributed by atoms with Gasteiger partial charge in [0.2, 0.25) is 0 Å². The average molecular weight is 389 g/mol. The highest BCUT2D eigenvalue weighted by atomic mass is 19.1. The second-order valence-electron chi connectivity index (χ2n) is 7.57. The summed E-state index contributed by atoms with van der Waals surface area (Å²) < 4.78 is 37.4. The Labute approximate surface area is 161 Å². The molecule has 0 saturated heterocycles. The molecule has 1 aliphatic heterocycles. The second-order valence-corrected chi connectivity index (χ2v) is 7.57. The first-order valence-electron chi connectivity index (χ1n) is 8.90. The van der Waals surface area contributed by atoms with Crippen LogP contribution in [0, 0.1) is 11.6 Å². The Balaban J connectivity index is 1.70. The van der Waals surface area contributed by atoms with Gasteiger partial charge in [-0.1, -0.05) is 12.1 Å². The van der Waals surface area contributed by atoms with Crippen molar-refractivity contribution >= 4 is 12.1 Å². The molecule has 2 aromatic rings. The van der Waals surface area contributed by atoms with Crippen molar-refractivity contribution < 1.29 is 27.8 Å². The molecule has 1 heterocycles. The lowest BCUT2D eigenvalue weighted by atomic mass is 9.97. The maximum atomic E-state index is 13.5. The van der Waals surface area contributed by atoms with Gasteiger partial charge < -0.3 is 14.8 Å². The fraction of sp³-hybridized carbons (Fsp3) is 0.333. The third-order valence-electron chi connectivity index (χ3n) is 4.14. The molecular formula is C21H21F2NO4. The molecule has 28 heavy (non-hydrogen) atoms. The zero-order valence-corrected chi connectivity index (χ0v) is 15.8. The molecular weight excluding hydrogens is 368 g/mol. The molecule has 0 saturated carbocycles. The molecule has 1 aliphatic rings. The molecule has 0 bridgehead atoms. The number of esters is 1. The summed E-state index contributed by atoms with van der Waals surface area (Å²) in [6.45, 7) is 5.57. The molecule has 0 fully saturated rings. The first-order chi connectivity index (χ1) is 13.1. The summed E-state index contributed by atoms with van der Waals surface area (Å²) in [6, 6.07) is 8.15. The molecule has 1 atom stereocenters. The standard InChI is InChI=1S/C21H21F2NO4/c1-21(2,3)28-20(26)24-7-6-18-16-5-4-12(10-17(16)19(25)27-18)13-8-14(22)11-15(23)9-13/h4-5,8-11,18H,6-7H2,1-3H3,(H,24,26). The Hall–Kier alpha value is -2.96. The Kier molecular flexibility index (Phi) is 5.36. The van der Waals surface area contributed by atoms with Crippen LogP contribution in [0.5, 0.6) is 0 Å². The van der Waals surface area contributed by atoms with Gasteiger partial charge in [-0.15, -0.1) is 0 Å². The number of benzene rings is 2. The average Bonchev–Trinajstić information content (AvgIpc) is 2.88. The first kappa shape index (κ1) is 19.8. The molecule has 1 N–H and O–H groups in total. The van der Waals surface area contributed by atoms with Gasteiger partial charge in [-0.2, -0.15) is 0 Å². The number of alkyl carbamates (subject to hydrolysis) is 1. The number of fused-ring (bicyclic) bond motifs is 1. The van der Waals surface area contributed by atoms with Crippen molar-refractivity contribution in [3.8, 4) is 11.1 Å². The van der Waals surface area contributed by atoms with Gasteiger partial charge in [0, 0.05) is 24.6 Å². The Bertz CT molecular complexity index is 901. The Morgan fingerprint density at radius 1 is 1.11 bits per heavy atom. The number of hydrogen-bond donors (Lipinski definition) is 1. The lowest BCUT2D eigenvalue weighted by Gasteiger charge is -2.20. The molecule has 3 rings (SSSR count). The Morgan fingerprint density at radius 3 is 2.43 bits per heavy atom. The predicted molar refractivity (Wildman–Crippen MR) is 98.8 cm³/mol. The van der Waals surface area contributed by atoms with Crippen LogP contribution in [-0.4, -0.2) is 24.2 Å². The van der Waals surface area contributed by atoms with Gasteiger partial charge in [-0.05, 0) is 50.1 Å². The normalized spacial score (nSPS) is 15.8. The number of halogens is 2. The molecule has 1 unspecified atom stereocenters. The summed E-state index contributed by atoms with van der Waals surface area (Å²) in [4.78, 5) is 23.9. The predicted octanol–water partition coefficient (Wildman–Crippen LogP) is 4.76. The van der Waals surface area contributed by atoms with Gasteiger partial charge in [0.15, 0.2) is 0 Å². The van der Waals surface area contributed by atoms with E-state index in [-0.39, 0.29) is 6.54 Å². The number of amides is 1. The van der Waals surface area contributed by atoms with Crippen molar-refractivity contribution in [1.82, 2.24) is 5.32 Å². The van der Waals surface area contributed by atoms with E-state index in [9.17, 15) is 18.4 Å². The van der Waals surface area contributed by atoms with Crippen molar-refractivity contribution in [3.63, 3.8) is 0 Å². The van der Waals surface area contributed by atoms with Gasteiger partial charge in [0.05, 0.1) is 5.56 Å². The first-order valence-corrected chi connectivity index (χ1v) is 8.90. The lowest BCUT2D eigenvalue weighted by molar-refractivity contribution is 0.0359. The van der Waals surface area contributed by atoms with Crippen LogP contribution < -0.4 is 5.32 Å². The molecule has 148 valence electrons. The highest BCUT2D eigenvalue weighted by Gasteiger charge is 2.31. The second kappa shape index (κ2) is 7.58. The van der Waals surface area contributed by atoms with Crippen LogP contribution in [0.15, 0.2) is 36.4 Å². The molecule has 0 aliphatic carbocycles. The van der Waals surface area contributed by atoms with Crippen LogP contribution in [0.3, 0.4) is 0 Å². The molecule has 0 radical (unpaired) electrons. The molecule has 2 aromatic carbocycles. The molecule has 0 aromatic heterocycles. The van der Waals surface area contributed by atoms with E-state index in [1.807, 2.05) is 0 Å². The van der Waals surface area contributed by atoms with Gasteiger partial charge in [-0.25, -0.2) is 18.4 Å². The Morgan fingerprint density at radius 2 is 1.79 bits per heavy atom. The third kappa shape index (κ3) is 4.65. The number of nitrogens with one attached hydrogen (secondary N) is 1. The maximum absolute atomic E-state index is 13.5. The molecule has 5 nitrogen and oxygen atoms in total. The fourth-order valence-electron chi connectivity index (χ4n) is 3.00. The summed E-state index contributed by atoms with van der Waals surface area (Å²) in [6.07, 6.45) is -0.664. The van der Waals surface area contributed by atoms with Gasteiger partial charge >= 0.3 is 12.1 Å². The van der Waals surface area contributed by atoms with Crippen molar-refractivity contribution in [2.45, 2.75) is 38.9 Å². The number of carbonyl (C=O) groups excluding carboxylic acids is 2. The van der Waals surface area contributed by atoms with Crippen molar-refractivity contribution in [3.05, 3.63) is 59.2 Å². The maximum Gasteiger partial charge on any atom is 0.407 e. The smallest absolute Gasteiger partial charge is 0.407 e. The number of ether oxygens (including phenoxy) is 2. The van der Waals surface area contributed by atoms with Crippen molar-refractivity contribution in [2.24, 2.45) is 0 Å². The van der Waals surface area contributed by atoms with E-state index < -0.39 is 35.4 Å². The molecule has 7 heteroatoms. The van der Waals surface area contributed by atoms with E-state index in [2.05, 4.69) is 5.32 Å². The van der Waals surface area contributed by atoms with E-state index in [1.54, 1.807) is 39.0 Å². The molecule has 0 spiro atoms. The highest BCUT2D eigenvalue weighted by Crippen LogP contribution is 2.35. The monoisotopic (exact) mass is 389 g/mol. The quantitative estimate of drug-likeness (QED) is 0.766. The summed E-state index contributed by atoms with van der Waals surface area (Å²) in [5.74, 6) is -1.88. The summed E-state index contributed by atoms with van der Waals surface area (Å²) >= 11 is 0. The number of cyclic esters (lactones) is 1. The molecule has 1 amide bonds. The van der Waals surface area contributed by atoms with Gasteiger partial charge in [0.1, 0.15) is 23.3 Å². The van der Waals surface area contributed by atoms with Crippen LogP contribution in [0.25, 0.3) is 11.1 Å². The topological polar surface area (TPSA) is 64.6 Å². The largest absolute Gasteiger partial charge is 0.454 e. The van der Waals surface area contributed by atoms with E-state index in [4.69, 9.17) is 9.47 Å². The summed E-state index contributed by atoms with van der Waals surface area (Å²) in [5, 5.41) is 2.63. The summed E-state index contributed by atoms with van der Waals surface area (Å²) in [7, 11) is 0. The van der Waals surface area contributed by atoms with Crippen molar-refractivity contribution in [2.75, 3.05) is 6.54 Å². The van der Waals surface area contributed by atoms with E-state index in [0.717, 1.165) is 6.07 Å². The van der Waals surface area contributed by atoms with Crippen LogP contribution >= 0.6 is 0 Å². The van der Waals surface area contributed by atoms with Gasteiger partial charge in [0.25, 0.3) is 0 Å². The van der Waals surface area contributed by atoms with Crippen molar-refractivity contribution in [1.29, 1.82) is 0 Å². The van der Waals surface area contributed by atoms with Crippen LogP contribution in [0.1, 0.15) is 49.2 Å². The van der Waals surface area contributed by atoms with Gasteiger partial charge in [-0.3, -0.25) is 0 Å². The number of hydrogen-bond acceptors (Lipinski definition) is 4. The zero-order valence-electron chi connectivity index (χ0n) is 15.8.